The number of aromatic nitrogens is 2. The predicted molar refractivity (Wildman–Crippen MR) is 62.9 cm³/mol. The third-order valence-electron chi connectivity index (χ3n) is 2.30. The maximum absolute atomic E-state index is 11.2. The van der Waals surface area contributed by atoms with Gasteiger partial charge in [-0.2, -0.15) is 0 Å². The Kier molecular flexibility index (Phi) is 3.06. The Labute approximate surface area is 95.9 Å². The third kappa shape index (κ3) is 2.39. The quantitative estimate of drug-likeness (QED) is 0.909. The number of rotatable bonds is 3. The van der Waals surface area contributed by atoms with E-state index >= 15 is 0 Å². The Hall–Kier alpha value is -1.29. The van der Waals surface area contributed by atoms with Crippen LogP contribution in [0.25, 0.3) is 0 Å². The molecule has 0 aliphatic carbocycles. The molecule has 0 aliphatic heterocycles. The zero-order valence-electron chi connectivity index (χ0n) is 8.11. The van der Waals surface area contributed by atoms with Gasteiger partial charge in [0.2, 0.25) is 0 Å². The number of imidazole rings is 1. The van der Waals surface area contributed by atoms with E-state index in [9.17, 15) is 4.79 Å². The summed E-state index contributed by atoms with van der Waals surface area (Å²) >= 11 is 3.48. The summed E-state index contributed by atoms with van der Waals surface area (Å²) in [6.07, 6.45) is 4.26. The lowest BCUT2D eigenvalue weighted by atomic mass is 10.1. The first kappa shape index (κ1) is 10.2. The molecule has 78 valence electrons. The fourth-order valence-electron chi connectivity index (χ4n) is 1.47. The number of aromatic amines is 1. The molecule has 1 N–H and O–H groups in total. The van der Waals surface area contributed by atoms with Crippen LogP contribution in [0.3, 0.4) is 0 Å². The van der Waals surface area contributed by atoms with Crippen LogP contribution in [-0.2, 0) is 13.0 Å². The van der Waals surface area contributed by atoms with Gasteiger partial charge in [0.05, 0.1) is 0 Å². The summed E-state index contributed by atoms with van der Waals surface area (Å²) in [5, 5.41) is 0. The van der Waals surface area contributed by atoms with Crippen LogP contribution < -0.4 is 5.69 Å². The Balaban J connectivity index is 2.09. The van der Waals surface area contributed by atoms with Crippen molar-refractivity contribution in [2.24, 2.45) is 0 Å². The zero-order chi connectivity index (χ0) is 10.7. The van der Waals surface area contributed by atoms with Crippen molar-refractivity contribution in [3.63, 3.8) is 0 Å². The SMILES string of the molecule is O=c1[nH]ccn1CCc1ccccc1Br. The highest BCUT2D eigenvalue weighted by atomic mass is 79.9. The van der Waals surface area contributed by atoms with Crippen molar-refractivity contribution < 1.29 is 0 Å². The van der Waals surface area contributed by atoms with Crippen molar-refractivity contribution in [1.29, 1.82) is 0 Å². The fourth-order valence-corrected chi connectivity index (χ4v) is 1.95. The minimum atomic E-state index is -0.0537. The summed E-state index contributed by atoms with van der Waals surface area (Å²) in [6, 6.07) is 8.05. The van der Waals surface area contributed by atoms with E-state index in [0.717, 1.165) is 10.9 Å². The van der Waals surface area contributed by atoms with Gasteiger partial charge in [0.25, 0.3) is 0 Å². The van der Waals surface area contributed by atoms with Gasteiger partial charge in [-0.1, -0.05) is 34.1 Å². The summed E-state index contributed by atoms with van der Waals surface area (Å²) < 4.78 is 2.76. The number of nitrogens with zero attached hydrogens (tertiary/aromatic N) is 1. The van der Waals surface area contributed by atoms with Crippen LogP contribution in [0.2, 0.25) is 0 Å². The maximum atomic E-state index is 11.2. The molecular formula is C11H11BrN2O. The minimum absolute atomic E-state index is 0.0537. The predicted octanol–water partition coefficient (Wildman–Crippen LogP) is 2.18. The first-order chi connectivity index (χ1) is 7.27. The minimum Gasteiger partial charge on any atom is -0.313 e. The van der Waals surface area contributed by atoms with E-state index in [1.807, 2.05) is 18.2 Å². The normalized spacial score (nSPS) is 10.5. The number of aryl methyl sites for hydroxylation is 2. The van der Waals surface area contributed by atoms with E-state index in [1.165, 1.54) is 5.56 Å². The molecule has 0 fully saturated rings. The molecule has 0 unspecified atom stereocenters. The smallest absolute Gasteiger partial charge is 0.313 e. The molecule has 0 aliphatic rings. The van der Waals surface area contributed by atoms with Crippen LogP contribution in [0, 0.1) is 0 Å². The second-order valence-electron chi connectivity index (χ2n) is 3.30. The van der Waals surface area contributed by atoms with E-state index in [1.54, 1.807) is 17.0 Å². The molecule has 2 aromatic rings. The molecule has 0 atom stereocenters. The van der Waals surface area contributed by atoms with Gasteiger partial charge < -0.3 is 4.98 Å². The molecule has 0 radical (unpaired) electrons. The topological polar surface area (TPSA) is 37.8 Å². The van der Waals surface area contributed by atoms with Gasteiger partial charge in [0.15, 0.2) is 0 Å². The van der Waals surface area contributed by atoms with Gasteiger partial charge in [0, 0.05) is 23.4 Å². The van der Waals surface area contributed by atoms with Crippen LogP contribution in [-0.4, -0.2) is 9.55 Å². The molecule has 15 heavy (non-hydrogen) atoms. The van der Waals surface area contributed by atoms with Gasteiger partial charge in [-0.05, 0) is 18.1 Å². The monoisotopic (exact) mass is 266 g/mol. The first-order valence-electron chi connectivity index (χ1n) is 4.74. The highest BCUT2D eigenvalue weighted by Gasteiger charge is 2.00. The lowest BCUT2D eigenvalue weighted by Crippen LogP contribution is -2.17. The first-order valence-corrected chi connectivity index (χ1v) is 5.54. The zero-order valence-corrected chi connectivity index (χ0v) is 9.70. The molecule has 0 saturated heterocycles. The summed E-state index contributed by atoms with van der Waals surface area (Å²) in [4.78, 5) is 13.8. The second kappa shape index (κ2) is 4.49. The number of hydrogen-bond donors (Lipinski definition) is 1. The number of benzene rings is 1. The van der Waals surface area contributed by atoms with Crippen molar-refractivity contribution in [2.45, 2.75) is 13.0 Å². The fraction of sp³-hybridized carbons (Fsp3) is 0.182. The van der Waals surface area contributed by atoms with Crippen LogP contribution >= 0.6 is 15.9 Å². The van der Waals surface area contributed by atoms with E-state index in [2.05, 4.69) is 27.0 Å². The van der Waals surface area contributed by atoms with Crippen molar-refractivity contribution in [2.75, 3.05) is 0 Å². The third-order valence-corrected chi connectivity index (χ3v) is 3.08. The van der Waals surface area contributed by atoms with Crippen molar-refractivity contribution in [3.8, 4) is 0 Å². The molecule has 1 aromatic heterocycles. The summed E-state index contributed by atoms with van der Waals surface area (Å²) in [7, 11) is 0. The van der Waals surface area contributed by atoms with Crippen molar-refractivity contribution in [1.82, 2.24) is 9.55 Å². The second-order valence-corrected chi connectivity index (χ2v) is 4.15. The van der Waals surface area contributed by atoms with E-state index in [-0.39, 0.29) is 5.69 Å². The van der Waals surface area contributed by atoms with E-state index in [4.69, 9.17) is 0 Å². The summed E-state index contributed by atoms with van der Waals surface area (Å²) in [6.45, 7) is 0.699. The van der Waals surface area contributed by atoms with Gasteiger partial charge >= 0.3 is 5.69 Å². The molecule has 0 bridgehead atoms. The average Bonchev–Trinajstić information content (AvgIpc) is 2.63. The molecular weight excluding hydrogens is 256 g/mol. The number of nitrogens with one attached hydrogen (secondary N) is 1. The molecule has 0 amide bonds. The lowest BCUT2D eigenvalue weighted by Gasteiger charge is -2.03. The number of H-pyrrole nitrogens is 1. The maximum Gasteiger partial charge on any atom is 0.325 e. The van der Waals surface area contributed by atoms with Crippen molar-refractivity contribution in [3.05, 3.63) is 57.2 Å². The van der Waals surface area contributed by atoms with Crippen LogP contribution in [0.5, 0.6) is 0 Å². The summed E-state index contributed by atoms with van der Waals surface area (Å²) in [5.74, 6) is 0. The van der Waals surface area contributed by atoms with Crippen LogP contribution in [0.4, 0.5) is 0 Å². The average molecular weight is 267 g/mol. The number of hydrogen-bond acceptors (Lipinski definition) is 1. The van der Waals surface area contributed by atoms with Crippen molar-refractivity contribution >= 4 is 15.9 Å². The van der Waals surface area contributed by atoms with E-state index in [0.29, 0.717) is 6.54 Å². The molecule has 0 saturated carbocycles. The lowest BCUT2D eigenvalue weighted by molar-refractivity contribution is 0.670. The van der Waals surface area contributed by atoms with Gasteiger partial charge in [0.1, 0.15) is 0 Å². The van der Waals surface area contributed by atoms with Crippen LogP contribution in [0.1, 0.15) is 5.56 Å². The van der Waals surface area contributed by atoms with Gasteiger partial charge in [-0.25, -0.2) is 4.79 Å². The molecule has 2 rings (SSSR count). The van der Waals surface area contributed by atoms with Gasteiger partial charge in [-0.15, -0.1) is 0 Å². The molecule has 1 heterocycles. The summed E-state index contributed by atoms with van der Waals surface area (Å²) in [5.41, 5.74) is 1.16. The Bertz CT molecular complexity index is 501. The molecule has 0 spiro atoms. The van der Waals surface area contributed by atoms with E-state index < -0.39 is 0 Å². The number of halogens is 1. The highest BCUT2D eigenvalue weighted by molar-refractivity contribution is 9.10. The molecule has 4 heteroatoms. The molecule has 3 nitrogen and oxygen atoms in total. The van der Waals surface area contributed by atoms with Crippen LogP contribution in [0.15, 0.2) is 45.9 Å². The standard InChI is InChI=1S/C11H11BrN2O/c12-10-4-2-1-3-9(10)5-7-14-8-6-13-11(14)15/h1-4,6,8H,5,7H2,(H,13,15). The Morgan fingerprint density at radius 1 is 1.33 bits per heavy atom. The largest absolute Gasteiger partial charge is 0.325 e. The highest BCUT2D eigenvalue weighted by Crippen LogP contribution is 2.16. The Morgan fingerprint density at radius 3 is 2.80 bits per heavy atom. The Morgan fingerprint density at radius 2 is 2.13 bits per heavy atom. The molecule has 1 aromatic carbocycles. The van der Waals surface area contributed by atoms with Gasteiger partial charge in [-0.3, -0.25) is 4.57 Å².